The molecular formula is C17H24ClNO2. The quantitative estimate of drug-likeness (QED) is 0.858. The number of rotatable bonds is 1. The van der Waals surface area contributed by atoms with Gasteiger partial charge in [0.2, 0.25) is 0 Å². The summed E-state index contributed by atoms with van der Waals surface area (Å²) in [4.78, 5) is 2.44. The summed E-state index contributed by atoms with van der Waals surface area (Å²) < 4.78 is 5.98. The van der Waals surface area contributed by atoms with Crippen molar-refractivity contribution in [3.8, 4) is 5.75 Å². The van der Waals surface area contributed by atoms with Crippen molar-refractivity contribution in [1.29, 1.82) is 0 Å². The van der Waals surface area contributed by atoms with E-state index in [0.29, 0.717) is 23.7 Å². The molecule has 1 saturated heterocycles. The Hall–Kier alpha value is -0.770. The number of aliphatic hydroxyl groups is 1. The van der Waals surface area contributed by atoms with Crippen LogP contribution in [0.1, 0.15) is 50.3 Å². The number of aryl methyl sites for hydroxylation is 1. The summed E-state index contributed by atoms with van der Waals surface area (Å²) >= 11 is 6.16. The van der Waals surface area contributed by atoms with Gasteiger partial charge < -0.3 is 9.84 Å². The van der Waals surface area contributed by atoms with Gasteiger partial charge in [0.25, 0.3) is 0 Å². The van der Waals surface area contributed by atoms with Gasteiger partial charge in [0.15, 0.2) is 0 Å². The molecule has 0 amide bonds. The molecule has 116 valence electrons. The molecule has 1 aromatic carbocycles. The van der Waals surface area contributed by atoms with E-state index in [0.717, 1.165) is 16.9 Å². The van der Waals surface area contributed by atoms with Crippen LogP contribution in [0.3, 0.4) is 0 Å². The maximum Gasteiger partial charge on any atom is 0.128 e. The van der Waals surface area contributed by atoms with Crippen molar-refractivity contribution >= 4 is 11.6 Å². The highest BCUT2D eigenvalue weighted by molar-refractivity contribution is 6.30. The SMILES string of the molecule is Cc1cc(Cl)cc2c1OCC(N1C(C)CCCC1C)C2O. The van der Waals surface area contributed by atoms with E-state index in [-0.39, 0.29) is 6.04 Å². The molecule has 0 saturated carbocycles. The number of fused-ring (bicyclic) bond motifs is 1. The Bertz CT molecular complexity index is 524. The van der Waals surface area contributed by atoms with Crippen molar-refractivity contribution in [3.05, 3.63) is 28.3 Å². The monoisotopic (exact) mass is 309 g/mol. The first-order valence-corrected chi connectivity index (χ1v) is 8.25. The fourth-order valence-corrected chi connectivity index (χ4v) is 4.27. The zero-order valence-corrected chi connectivity index (χ0v) is 13.7. The average Bonchev–Trinajstić information content (AvgIpc) is 2.41. The van der Waals surface area contributed by atoms with Crippen LogP contribution >= 0.6 is 11.6 Å². The molecule has 0 spiro atoms. The Labute approximate surface area is 131 Å². The molecule has 3 nitrogen and oxygen atoms in total. The maximum absolute atomic E-state index is 10.9. The molecule has 4 atom stereocenters. The highest BCUT2D eigenvalue weighted by Gasteiger charge is 2.39. The van der Waals surface area contributed by atoms with Crippen LogP contribution in [0.15, 0.2) is 12.1 Å². The molecule has 0 radical (unpaired) electrons. The summed E-state index contributed by atoms with van der Waals surface area (Å²) in [5.74, 6) is 0.806. The molecule has 0 aliphatic carbocycles. The Morgan fingerprint density at radius 3 is 2.57 bits per heavy atom. The van der Waals surface area contributed by atoms with Crippen LogP contribution in [-0.2, 0) is 0 Å². The lowest BCUT2D eigenvalue weighted by molar-refractivity contribution is -0.0472. The van der Waals surface area contributed by atoms with Gasteiger partial charge in [-0.05, 0) is 51.3 Å². The molecule has 2 aliphatic rings. The number of hydrogen-bond donors (Lipinski definition) is 1. The lowest BCUT2D eigenvalue weighted by Gasteiger charge is -2.47. The van der Waals surface area contributed by atoms with Gasteiger partial charge in [-0.15, -0.1) is 0 Å². The highest BCUT2D eigenvalue weighted by Crippen LogP contribution is 2.40. The molecule has 4 unspecified atom stereocenters. The summed E-state index contributed by atoms with van der Waals surface area (Å²) in [6, 6.07) is 4.72. The van der Waals surface area contributed by atoms with Gasteiger partial charge in [0.1, 0.15) is 18.5 Å². The van der Waals surface area contributed by atoms with E-state index < -0.39 is 6.10 Å². The van der Waals surface area contributed by atoms with Crippen molar-refractivity contribution in [1.82, 2.24) is 4.90 Å². The molecular weight excluding hydrogens is 286 g/mol. The summed E-state index contributed by atoms with van der Waals surface area (Å²) in [7, 11) is 0. The number of ether oxygens (including phenoxy) is 1. The van der Waals surface area contributed by atoms with Crippen LogP contribution in [0.25, 0.3) is 0 Å². The summed E-state index contributed by atoms with van der Waals surface area (Å²) in [6.07, 6.45) is 3.11. The van der Waals surface area contributed by atoms with Crippen molar-refractivity contribution in [3.63, 3.8) is 0 Å². The van der Waals surface area contributed by atoms with Crippen molar-refractivity contribution in [2.24, 2.45) is 0 Å². The number of hydrogen-bond acceptors (Lipinski definition) is 3. The van der Waals surface area contributed by atoms with Gasteiger partial charge in [0, 0.05) is 22.7 Å². The third-order valence-corrected chi connectivity index (χ3v) is 5.21. The van der Waals surface area contributed by atoms with E-state index in [2.05, 4.69) is 18.7 Å². The number of likely N-dealkylation sites (tertiary alicyclic amines) is 1. The summed E-state index contributed by atoms with van der Waals surface area (Å²) in [5.41, 5.74) is 1.83. The zero-order valence-electron chi connectivity index (χ0n) is 13.0. The maximum atomic E-state index is 10.9. The van der Waals surface area contributed by atoms with Gasteiger partial charge in [0.05, 0.1) is 6.04 Å². The minimum Gasteiger partial charge on any atom is -0.491 e. The van der Waals surface area contributed by atoms with Crippen LogP contribution in [-0.4, -0.2) is 34.7 Å². The van der Waals surface area contributed by atoms with E-state index in [1.807, 2.05) is 19.1 Å². The van der Waals surface area contributed by atoms with E-state index in [4.69, 9.17) is 16.3 Å². The highest BCUT2D eigenvalue weighted by atomic mass is 35.5. The molecule has 2 heterocycles. The summed E-state index contributed by atoms with van der Waals surface area (Å²) in [5, 5.41) is 11.5. The second-order valence-electron chi connectivity index (χ2n) is 6.54. The molecule has 1 fully saturated rings. The van der Waals surface area contributed by atoms with Crippen LogP contribution < -0.4 is 4.74 Å². The Morgan fingerprint density at radius 2 is 1.90 bits per heavy atom. The van der Waals surface area contributed by atoms with Gasteiger partial charge in [-0.2, -0.15) is 0 Å². The van der Waals surface area contributed by atoms with Crippen LogP contribution in [0.5, 0.6) is 5.75 Å². The largest absolute Gasteiger partial charge is 0.491 e. The fraction of sp³-hybridized carbons (Fsp3) is 0.647. The number of aliphatic hydroxyl groups excluding tert-OH is 1. The third-order valence-electron chi connectivity index (χ3n) is 4.99. The van der Waals surface area contributed by atoms with Gasteiger partial charge >= 0.3 is 0 Å². The van der Waals surface area contributed by atoms with Crippen molar-refractivity contribution in [2.75, 3.05) is 6.61 Å². The average molecular weight is 310 g/mol. The topological polar surface area (TPSA) is 32.7 Å². The van der Waals surface area contributed by atoms with Crippen LogP contribution in [0.2, 0.25) is 5.02 Å². The van der Waals surface area contributed by atoms with E-state index >= 15 is 0 Å². The number of benzene rings is 1. The molecule has 2 aliphatic heterocycles. The predicted molar refractivity (Wildman–Crippen MR) is 85.0 cm³/mol. The molecule has 21 heavy (non-hydrogen) atoms. The van der Waals surface area contributed by atoms with Crippen molar-refractivity contribution < 1.29 is 9.84 Å². The van der Waals surface area contributed by atoms with Crippen LogP contribution in [0.4, 0.5) is 0 Å². The smallest absolute Gasteiger partial charge is 0.128 e. The Balaban J connectivity index is 1.93. The third kappa shape index (κ3) is 2.67. The van der Waals surface area contributed by atoms with E-state index in [1.54, 1.807) is 0 Å². The first kappa shape index (κ1) is 15.1. The number of piperidine rings is 1. The summed E-state index contributed by atoms with van der Waals surface area (Å²) in [6.45, 7) is 7.03. The zero-order chi connectivity index (χ0) is 15.1. The van der Waals surface area contributed by atoms with E-state index in [9.17, 15) is 5.11 Å². The number of nitrogens with zero attached hydrogens (tertiary/aromatic N) is 1. The van der Waals surface area contributed by atoms with Crippen molar-refractivity contribution in [2.45, 2.75) is 64.3 Å². The second-order valence-corrected chi connectivity index (χ2v) is 6.98. The fourth-order valence-electron chi connectivity index (χ4n) is 3.98. The minimum atomic E-state index is -0.533. The van der Waals surface area contributed by atoms with Crippen LogP contribution in [0, 0.1) is 6.92 Å². The second kappa shape index (κ2) is 5.79. The van der Waals surface area contributed by atoms with Gasteiger partial charge in [-0.3, -0.25) is 4.90 Å². The molecule has 0 bridgehead atoms. The predicted octanol–water partition coefficient (Wildman–Crippen LogP) is 3.71. The molecule has 0 aromatic heterocycles. The molecule has 1 aromatic rings. The van der Waals surface area contributed by atoms with Gasteiger partial charge in [-0.1, -0.05) is 18.0 Å². The standard InChI is InChI=1S/C17H24ClNO2/c1-10-7-13(18)8-14-16(20)15(9-21-17(10)14)19-11(2)5-4-6-12(19)3/h7-8,11-12,15-16,20H,4-6,9H2,1-3H3. The Morgan fingerprint density at radius 1 is 1.24 bits per heavy atom. The normalized spacial score (nSPS) is 33.4. The molecule has 1 N–H and O–H groups in total. The number of halogens is 1. The molecule has 3 rings (SSSR count). The minimum absolute atomic E-state index is 0.0145. The lowest BCUT2D eigenvalue weighted by Crippen LogP contribution is -2.55. The van der Waals surface area contributed by atoms with E-state index in [1.165, 1.54) is 19.3 Å². The first-order chi connectivity index (χ1) is 9.99. The first-order valence-electron chi connectivity index (χ1n) is 7.87. The molecule has 4 heteroatoms. The Kier molecular flexibility index (Phi) is 4.17. The van der Waals surface area contributed by atoms with Gasteiger partial charge in [-0.25, -0.2) is 0 Å². The lowest BCUT2D eigenvalue weighted by atomic mass is 9.90.